The van der Waals surface area contributed by atoms with Crippen molar-refractivity contribution in [2.75, 3.05) is 13.2 Å². The van der Waals surface area contributed by atoms with Crippen LogP contribution in [0.15, 0.2) is 0 Å². The van der Waals surface area contributed by atoms with Gasteiger partial charge in [0.05, 0.1) is 8.57 Å². The van der Waals surface area contributed by atoms with Gasteiger partial charge in [0.2, 0.25) is 0 Å². The van der Waals surface area contributed by atoms with Crippen LogP contribution >= 0.6 is 55.1 Å². The van der Waals surface area contributed by atoms with Crippen molar-refractivity contribution in [1.82, 2.24) is 0 Å². The predicted molar refractivity (Wildman–Crippen MR) is 75.7 cm³/mol. The molecule has 5 heteroatoms. The molecule has 0 radical (unpaired) electrons. The summed E-state index contributed by atoms with van der Waals surface area (Å²) in [7, 11) is 0. The van der Waals surface area contributed by atoms with Gasteiger partial charge < -0.3 is 4.74 Å². The Morgan fingerprint density at radius 1 is 0.800 bits per heavy atom. The molecule has 92 valence electrons. The molecule has 2 atom stereocenters. The zero-order valence-electron chi connectivity index (χ0n) is 8.73. The van der Waals surface area contributed by atoms with Gasteiger partial charge in [-0.3, -0.25) is 0 Å². The summed E-state index contributed by atoms with van der Waals surface area (Å²) < 4.78 is 5.70. The van der Waals surface area contributed by atoms with Gasteiger partial charge in [0.1, 0.15) is 0 Å². The van der Waals surface area contributed by atoms with Crippen molar-refractivity contribution in [3.05, 3.63) is 0 Å². The number of alkyl halides is 4. The maximum atomic E-state index is 5.75. The molecular weight excluding hydrogens is 367 g/mol. The van der Waals surface area contributed by atoms with Gasteiger partial charge in [0.15, 0.2) is 0 Å². The summed E-state index contributed by atoms with van der Waals surface area (Å²) in [5.41, 5.74) is 0. The molecule has 0 saturated heterocycles. The van der Waals surface area contributed by atoms with Gasteiger partial charge in [-0.15, -0.1) is 23.2 Å². The molecule has 0 aliphatic rings. The van der Waals surface area contributed by atoms with E-state index < -0.39 is 0 Å². The third-order valence-electron chi connectivity index (χ3n) is 1.92. The Labute approximate surface area is 119 Å². The van der Waals surface area contributed by atoms with E-state index in [-0.39, 0.29) is 8.57 Å². The summed E-state index contributed by atoms with van der Waals surface area (Å²) in [4.78, 5) is 0. The number of unbranched alkanes of at least 4 members (excludes halogenated alkanes) is 2. The van der Waals surface area contributed by atoms with Crippen LogP contribution in [0.4, 0.5) is 0 Å². The van der Waals surface area contributed by atoms with Crippen LogP contribution in [0, 0.1) is 0 Å². The topological polar surface area (TPSA) is 9.23 Å². The highest BCUT2D eigenvalue weighted by molar-refractivity contribution is 9.10. The summed E-state index contributed by atoms with van der Waals surface area (Å²) in [6.07, 6.45) is 6.41. The lowest BCUT2D eigenvalue weighted by molar-refractivity contribution is 0.126. The lowest BCUT2D eigenvalue weighted by Gasteiger charge is -2.05. The first-order valence-electron chi connectivity index (χ1n) is 5.27. The minimum atomic E-state index is 0.108. The van der Waals surface area contributed by atoms with E-state index in [4.69, 9.17) is 27.9 Å². The molecule has 0 aromatic carbocycles. The van der Waals surface area contributed by atoms with Crippen molar-refractivity contribution >= 4 is 55.1 Å². The highest BCUT2D eigenvalue weighted by Gasteiger charge is 1.99. The molecule has 0 bridgehead atoms. The Bertz CT molecular complexity index is 121. The Morgan fingerprint density at radius 3 is 1.53 bits per heavy atom. The monoisotopic (exact) mass is 382 g/mol. The van der Waals surface area contributed by atoms with Gasteiger partial charge in [0, 0.05) is 13.2 Å². The van der Waals surface area contributed by atoms with Crippen LogP contribution in [0.25, 0.3) is 0 Å². The van der Waals surface area contributed by atoms with Gasteiger partial charge in [-0.25, -0.2) is 0 Å². The number of hydrogen-bond donors (Lipinski definition) is 0. The molecule has 0 aliphatic heterocycles. The van der Waals surface area contributed by atoms with Crippen LogP contribution in [0.3, 0.4) is 0 Å². The summed E-state index contributed by atoms with van der Waals surface area (Å²) in [5, 5.41) is 0. The Morgan fingerprint density at radius 2 is 1.20 bits per heavy atom. The van der Waals surface area contributed by atoms with E-state index in [1.807, 2.05) is 0 Å². The molecular formula is C10H18Br2Cl2O. The summed E-state index contributed by atoms with van der Waals surface area (Å²) >= 11 is 18.1. The van der Waals surface area contributed by atoms with Crippen molar-refractivity contribution in [3.63, 3.8) is 0 Å². The molecule has 0 saturated carbocycles. The average Bonchev–Trinajstić information content (AvgIpc) is 2.14. The van der Waals surface area contributed by atoms with Gasteiger partial charge in [-0.05, 0) is 38.5 Å². The van der Waals surface area contributed by atoms with Crippen LogP contribution in [-0.4, -0.2) is 21.8 Å². The number of halogens is 4. The highest BCUT2D eigenvalue weighted by atomic mass is 79.9. The van der Waals surface area contributed by atoms with Crippen molar-refractivity contribution in [2.24, 2.45) is 0 Å². The van der Waals surface area contributed by atoms with Crippen molar-refractivity contribution in [2.45, 2.75) is 47.1 Å². The van der Waals surface area contributed by atoms with Crippen LogP contribution in [-0.2, 0) is 4.74 Å². The third-order valence-corrected chi connectivity index (χ3v) is 3.27. The van der Waals surface area contributed by atoms with E-state index in [0.29, 0.717) is 0 Å². The molecule has 0 aliphatic carbocycles. The van der Waals surface area contributed by atoms with Gasteiger partial charge >= 0.3 is 0 Å². The summed E-state index contributed by atoms with van der Waals surface area (Å²) in [5.74, 6) is 0. The molecule has 0 rings (SSSR count). The van der Waals surface area contributed by atoms with E-state index in [9.17, 15) is 0 Å². The first-order valence-corrected chi connectivity index (χ1v) is 7.97. The number of ether oxygens (including phenoxy) is 1. The fourth-order valence-electron chi connectivity index (χ4n) is 1.11. The fraction of sp³-hybridized carbons (Fsp3) is 1.00. The molecule has 0 aromatic rings. The molecule has 0 spiro atoms. The molecule has 0 heterocycles. The maximum Gasteiger partial charge on any atom is 0.0886 e. The third kappa shape index (κ3) is 15.5. The van der Waals surface area contributed by atoms with E-state index >= 15 is 0 Å². The largest absolute Gasteiger partial charge is 0.381 e. The Kier molecular flexibility index (Phi) is 13.2. The van der Waals surface area contributed by atoms with E-state index in [0.717, 1.165) is 51.7 Å². The summed E-state index contributed by atoms with van der Waals surface area (Å²) in [6.45, 7) is 1.68. The lowest BCUT2D eigenvalue weighted by atomic mass is 10.2. The highest BCUT2D eigenvalue weighted by Crippen LogP contribution is 2.14. The van der Waals surface area contributed by atoms with Crippen LogP contribution in [0.5, 0.6) is 0 Å². The predicted octanol–water partition coefficient (Wildman–Crippen LogP) is 5.26. The van der Waals surface area contributed by atoms with Crippen molar-refractivity contribution in [3.8, 4) is 0 Å². The first kappa shape index (κ1) is 16.5. The van der Waals surface area contributed by atoms with Gasteiger partial charge in [-0.2, -0.15) is 0 Å². The second kappa shape index (κ2) is 12.0. The molecule has 0 fully saturated rings. The fourth-order valence-corrected chi connectivity index (χ4v) is 2.06. The quantitative estimate of drug-likeness (QED) is 0.368. The zero-order chi connectivity index (χ0) is 11.5. The van der Waals surface area contributed by atoms with Gasteiger partial charge in [-0.1, -0.05) is 31.9 Å². The molecule has 0 amide bonds. The molecule has 15 heavy (non-hydrogen) atoms. The average molecular weight is 385 g/mol. The van der Waals surface area contributed by atoms with E-state index in [1.54, 1.807) is 0 Å². The standard InChI is InChI=1S/C10H18Br2Cl2O/c11-9(13)5-1-3-7-15-8-4-2-6-10(12)14/h9-10H,1-8H2. The second-order valence-electron chi connectivity index (χ2n) is 3.39. The van der Waals surface area contributed by atoms with E-state index in [2.05, 4.69) is 31.9 Å². The Balaban J connectivity index is 2.93. The maximum absolute atomic E-state index is 5.75. The van der Waals surface area contributed by atoms with Crippen LogP contribution in [0.2, 0.25) is 0 Å². The molecule has 2 unspecified atom stereocenters. The second-order valence-corrected chi connectivity index (χ2v) is 7.70. The minimum Gasteiger partial charge on any atom is -0.381 e. The number of hydrogen-bond acceptors (Lipinski definition) is 1. The van der Waals surface area contributed by atoms with E-state index in [1.165, 1.54) is 0 Å². The van der Waals surface area contributed by atoms with Crippen LogP contribution < -0.4 is 0 Å². The zero-order valence-corrected chi connectivity index (χ0v) is 13.4. The van der Waals surface area contributed by atoms with Crippen molar-refractivity contribution < 1.29 is 4.74 Å². The molecule has 0 aromatic heterocycles. The van der Waals surface area contributed by atoms with Crippen LogP contribution in [0.1, 0.15) is 38.5 Å². The SMILES string of the molecule is ClC(Br)CCCCOCCCCC(Cl)Br. The first-order chi connectivity index (χ1) is 7.13. The Hall–Kier alpha value is 1.50. The summed E-state index contributed by atoms with van der Waals surface area (Å²) in [6, 6.07) is 0. The smallest absolute Gasteiger partial charge is 0.0886 e. The van der Waals surface area contributed by atoms with Gasteiger partial charge in [0.25, 0.3) is 0 Å². The minimum absolute atomic E-state index is 0.108. The normalized spacial score (nSPS) is 15.2. The van der Waals surface area contributed by atoms with Crippen molar-refractivity contribution in [1.29, 1.82) is 0 Å². The molecule has 1 nitrogen and oxygen atoms in total. The number of rotatable bonds is 10. The lowest BCUT2D eigenvalue weighted by Crippen LogP contribution is -1.99. The molecule has 0 N–H and O–H groups in total.